The summed E-state index contributed by atoms with van der Waals surface area (Å²) in [7, 11) is 0. The molecule has 0 spiro atoms. The summed E-state index contributed by atoms with van der Waals surface area (Å²) in [6.45, 7) is 2.67. The monoisotopic (exact) mass is 224 g/mol. The van der Waals surface area contributed by atoms with Crippen LogP contribution in [0.5, 0.6) is 11.5 Å². The number of benzene rings is 1. The summed E-state index contributed by atoms with van der Waals surface area (Å²) in [6, 6.07) is 3.59. The minimum atomic E-state index is 0.0522. The van der Waals surface area contributed by atoms with Crippen molar-refractivity contribution >= 4 is 17.5 Å². The van der Waals surface area contributed by atoms with Gasteiger partial charge in [-0.3, -0.25) is 4.79 Å². The van der Waals surface area contributed by atoms with Crippen LogP contribution >= 0.6 is 11.8 Å². The summed E-state index contributed by atoms with van der Waals surface area (Å²) in [6.07, 6.45) is 1.93. The lowest BCUT2D eigenvalue weighted by molar-refractivity contribution is 0.101. The molecule has 2 rings (SSSR count). The number of fused-ring (bicyclic) bond motifs is 1. The molecular weight excluding hydrogens is 212 g/mol. The number of thioether (sulfide) groups is 1. The van der Waals surface area contributed by atoms with Crippen LogP contribution in [0.4, 0.5) is 0 Å². The predicted octanol–water partition coefficient (Wildman–Crippen LogP) is 2.38. The van der Waals surface area contributed by atoms with E-state index >= 15 is 0 Å². The summed E-state index contributed by atoms with van der Waals surface area (Å²) < 4.78 is 11.0. The van der Waals surface area contributed by atoms with Crippen LogP contribution in [0.25, 0.3) is 0 Å². The largest absolute Gasteiger partial charge is 0.486 e. The van der Waals surface area contributed by atoms with Crippen LogP contribution in [0.2, 0.25) is 0 Å². The van der Waals surface area contributed by atoms with Crippen LogP contribution in [0.1, 0.15) is 17.3 Å². The molecule has 0 bridgehead atoms. The second-order valence-electron chi connectivity index (χ2n) is 3.23. The van der Waals surface area contributed by atoms with E-state index in [4.69, 9.17) is 9.47 Å². The van der Waals surface area contributed by atoms with Crippen molar-refractivity contribution in [1.82, 2.24) is 0 Å². The molecule has 0 unspecified atom stereocenters. The Bertz CT molecular complexity index is 401. The maximum Gasteiger partial charge on any atom is 0.175 e. The predicted molar refractivity (Wildman–Crippen MR) is 59.2 cm³/mol. The van der Waals surface area contributed by atoms with Gasteiger partial charge < -0.3 is 9.47 Å². The van der Waals surface area contributed by atoms with E-state index in [0.717, 1.165) is 10.6 Å². The SMILES string of the molecule is CSc1c(C(C)=O)ccc2c1OCCO2. The van der Waals surface area contributed by atoms with Crippen molar-refractivity contribution in [2.45, 2.75) is 11.8 Å². The van der Waals surface area contributed by atoms with E-state index in [0.29, 0.717) is 24.5 Å². The van der Waals surface area contributed by atoms with Crippen LogP contribution in [0.15, 0.2) is 17.0 Å². The van der Waals surface area contributed by atoms with E-state index in [9.17, 15) is 4.79 Å². The Labute approximate surface area is 92.8 Å². The van der Waals surface area contributed by atoms with Crippen LogP contribution < -0.4 is 9.47 Å². The van der Waals surface area contributed by atoms with Gasteiger partial charge in [0.1, 0.15) is 13.2 Å². The minimum Gasteiger partial charge on any atom is -0.486 e. The van der Waals surface area contributed by atoms with Gasteiger partial charge in [0.05, 0.1) is 4.90 Å². The van der Waals surface area contributed by atoms with Crippen LogP contribution in [-0.2, 0) is 0 Å². The Balaban J connectivity index is 2.56. The fourth-order valence-corrected chi connectivity index (χ4v) is 2.35. The van der Waals surface area contributed by atoms with Crippen molar-refractivity contribution in [3.8, 4) is 11.5 Å². The first-order chi connectivity index (χ1) is 7.24. The lowest BCUT2D eigenvalue weighted by atomic mass is 10.1. The average molecular weight is 224 g/mol. The van der Waals surface area contributed by atoms with Crippen molar-refractivity contribution in [3.63, 3.8) is 0 Å². The highest BCUT2D eigenvalue weighted by molar-refractivity contribution is 7.98. The van der Waals surface area contributed by atoms with Gasteiger partial charge in [0.2, 0.25) is 0 Å². The summed E-state index contributed by atoms with van der Waals surface area (Å²) in [5.74, 6) is 1.49. The molecule has 80 valence electrons. The van der Waals surface area contributed by atoms with Gasteiger partial charge in [0.15, 0.2) is 17.3 Å². The topological polar surface area (TPSA) is 35.5 Å². The second-order valence-corrected chi connectivity index (χ2v) is 4.04. The molecule has 1 aromatic rings. The fraction of sp³-hybridized carbons (Fsp3) is 0.364. The van der Waals surface area contributed by atoms with E-state index in [1.165, 1.54) is 11.8 Å². The number of ether oxygens (including phenoxy) is 2. The average Bonchev–Trinajstić information content (AvgIpc) is 2.27. The van der Waals surface area contributed by atoms with Crippen molar-refractivity contribution in [2.24, 2.45) is 0 Å². The van der Waals surface area contributed by atoms with Crippen molar-refractivity contribution in [2.75, 3.05) is 19.5 Å². The Kier molecular flexibility index (Phi) is 2.86. The number of rotatable bonds is 2. The molecule has 1 aliphatic heterocycles. The van der Waals surface area contributed by atoms with Gasteiger partial charge in [-0.25, -0.2) is 0 Å². The molecule has 0 radical (unpaired) electrons. The van der Waals surface area contributed by atoms with Crippen LogP contribution in [-0.4, -0.2) is 25.3 Å². The van der Waals surface area contributed by atoms with Crippen molar-refractivity contribution in [3.05, 3.63) is 17.7 Å². The third-order valence-electron chi connectivity index (χ3n) is 2.25. The third-order valence-corrected chi connectivity index (χ3v) is 3.06. The summed E-state index contributed by atoms with van der Waals surface area (Å²) in [4.78, 5) is 12.3. The fourth-order valence-electron chi connectivity index (χ4n) is 1.57. The summed E-state index contributed by atoms with van der Waals surface area (Å²) in [5.41, 5.74) is 0.701. The number of ketones is 1. The first-order valence-corrected chi connectivity index (χ1v) is 5.94. The Morgan fingerprint density at radius 3 is 2.73 bits per heavy atom. The molecule has 1 aliphatic rings. The number of carbonyl (C=O) groups excluding carboxylic acids is 1. The molecule has 0 aliphatic carbocycles. The maximum atomic E-state index is 11.4. The normalized spacial score (nSPS) is 13.7. The highest BCUT2D eigenvalue weighted by atomic mass is 32.2. The highest BCUT2D eigenvalue weighted by Crippen LogP contribution is 2.41. The summed E-state index contributed by atoms with van der Waals surface area (Å²) in [5, 5.41) is 0. The molecule has 0 aromatic heterocycles. The zero-order chi connectivity index (χ0) is 10.8. The van der Waals surface area contributed by atoms with Crippen LogP contribution in [0.3, 0.4) is 0 Å². The molecule has 0 amide bonds. The summed E-state index contributed by atoms with van der Waals surface area (Å²) >= 11 is 1.51. The van der Waals surface area contributed by atoms with Gasteiger partial charge in [-0.05, 0) is 25.3 Å². The molecule has 0 saturated carbocycles. The first kappa shape index (κ1) is 10.4. The molecule has 3 nitrogen and oxygen atoms in total. The maximum absolute atomic E-state index is 11.4. The molecule has 4 heteroatoms. The van der Waals surface area contributed by atoms with E-state index < -0.39 is 0 Å². The number of hydrogen-bond donors (Lipinski definition) is 0. The molecule has 0 saturated heterocycles. The minimum absolute atomic E-state index is 0.0522. The van der Waals surface area contributed by atoms with Gasteiger partial charge in [0, 0.05) is 5.56 Å². The van der Waals surface area contributed by atoms with Gasteiger partial charge in [-0.2, -0.15) is 0 Å². The Hall–Kier alpha value is -1.16. The Morgan fingerprint density at radius 2 is 2.07 bits per heavy atom. The van der Waals surface area contributed by atoms with Crippen molar-refractivity contribution < 1.29 is 14.3 Å². The van der Waals surface area contributed by atoms with E-state index in [2.05, 4.69) is 0 Å². The lowest BCUT2D eigenvalue weighted by Gasteiger charge is -2.21. The molecule has 15 heavy (non-hydrogen) atoms. The molecule has 0 atom stereocenters. The second kappa shape index (κ2) is 4.14. The smallest absolute Gasteiger partial charge is 0.175 e. The number of Topliss-reactive ketones (excluding diaryl/α,β-unsaturated/α-hetero) is 1. The van der Waals surface area contributed by atoms with Gasteiger partial charge in [-0.15, -0.1) is 11.8 Å². The molecular formula is C11H12O3S. The van der Waals surface area contributed by atoms with Crippen molar-refractivity contribution in [1.29, 1.82) is 0 Å². The molecule has 0 N–H and O–H groups in total. The lowest BCUT2D eigenvalue weighted by Crippen LogP contribution is -2.16. The van der Waals surface area contributed by atoms with E-state index in [1.54, 1.807) is 19.1 Å². The zero-order valence-corrected chi connectivity index (χ0v) is 9.52. The zero-order valence-electron chi connectivity index (χ0n) is 8.70. The number of hydrogen-bond acceptors (Lipinski definition) is 4. The standard InChI is InChI=1S/C11H12O3S/c1-7(12)8-3-4-9-10(11(8)15-2)14-6-5-13-9/h3-4H,5-6H2,1-2H3. The van der Waals surface area contributed by atoms with Gasteiger partial charge >= 0.3 is 0 Å². The van der Waals surface area contributed by atoms with E-state index in [-0.39, 0.29) is 5.78 Å². The Morgan fingerprint density at radius 1 is 1.33 bits per heavy atom. The third kappa shape index (κ3) is 1.81. The molecule has 1 aromatic carbocycles. The highest BCUT2D eigenvalue weighted by Gasteiger charge is 2.20. The molecule has 0 fully saturated rings. The quantitative estimate of drug-likeness (QED) is 0.570. The van der Waals surface area contributed by atoms with Gasteiger partial charge in [0.25, 0.3) is 0 Å². The van der Waals surface area contributed by atoms with Gasteiger partial charge in [-0.1, -0.05) is 0 Å². The molecule has 1 heterocycles. The van der Waals surface area contributed by atoms with E-state index in [1.807, 2.05) is 6.26 Å². The first-order valence-electron chi connectivity index (χ1n) is 4.71. The number of carbonyl (C=O) groups is 1. The van der Waals surface area contributed by atoms with Crippen LogP contribution in [0, 0.1) is 0 Å².